The minimum atomic E-state index is -4.89. The molecule has 10 heteroatoms. The lowest BCUT2D eigenvalue weighted by molar-refractivity contribution is -0.275. The van der Waals surface area contributed by atoms with Crippen LogP contribution in [0.2, 0.25) is 10.0 Å². The Morgan fingerprint density at radius 3 is 2.15 bits per heavy atom. The van der Waals surface area contributed by atoms with Gasteiger partial charge in [-0.25, -0.2) is 8.78 Å². The van der Waals surface area contributed by atoms with E-state index in [1.165, 1.54) is 12.1 Å². The van der Waals surface area contributed by atoms with Gasteiger partial charge in [-0.05, 0) is 29.2 Å². The molecule has 1 atom stereocenters. The molecule has 2 aliphatic heterocycles. The van der Waals surface area contributed by atoms with Crippen LogP contribution in [-0.4, -0.2) is 36.4 Å². The summed E-state index contributed by atoms with van der Waals surface area (Å²) >= 11 is 11.4. The van der Waals surface area contributed by atoms with Gasteiger partial charge in [0.2, 0.25) is 0 Å². The molecule has 1 fully saturated rings. The highest BCUT2D eigenvalue weighted by atomic mass is 35.5. The Labute approximate surface area is 198 Å². The predicted octanol–water partition coefficient (Wildman–Crippen LogP) is 6.85. The van der Waals surface area contributed by atoms with Gasteiger partial charge in [0, 0.05) is 31.6 Å². The Balaban J connectivity index is 1.56. The molecule has 1 saturated heterocycles. The fourth-order valence-electron chi connectivity index (χ4n) is 4.30. The minimum absolute atomic E-state index is 0.0263. The Bertz CT molecular complexity index is 1060. The van der Waals surface area contributed by atoms with Crippen molar-refractivity contribution in [3.05, 3.63) is 69.0 Å². The van der Waals surface area contributed by atoms with Gasteiger partial charge in [-0.1, -0.05) is 66.5 Å². The fraction of sp³-hybridized carbons (Fsp3) is 0.435. The van der Waals surface area contributed by atoms with E-state index in [-0.39, 0.29) is 18.8 Å². The topological polar surface area (TPSA) is 24.8 Å². The molecule has 2 heterocycles. The number of oxime groups is 1. The van der Waals surface area contributed by atoms with Crippen molar-refractivity contribution in [3.8, 4) is 0 Å². The zero-order valence-electron chi connectivity index (χ0n) is 17.8. The summed E-state index contributed by atoms with van der Waals surface area (Å²) < 4.78 is 71.3. The van der Waals surface area contributed by atoms with Crippen LogP contribution in [0, 0.1) is 11.7 Å². The van der Waals surface area contributed by atoms with Gasteiger partial charge in [0.05, 0.1) is 15.8 Å². The zero-order valence-corrected chi connectivity index (χ0v) is 19.3. The number of rotatable bonds is 5. The van der Waals surface area contributed by atoms with Gasteiger partial charge >= 0.3 is 6.18 Å². The van der Waals surface area contributed by atoms with Crippen LogP contribution < -0.4 is 0 Å². The molecule has 0 amide bonds. The van der Waals surface area contributed by atoms with E-state index in [1.807, 2.05) is 4.90 Å². The molecule has 0 spiro atoms. The van der Waals surface area contributed by atoms with E-state index in [9.17, 15) is 17.6 Å². The average molecular weight is 507 g/mol. The standard InChI is InChI=1S/C23H21Cl2F5N2O/c1-13(2)10-32-11-21(27,12-32)15-5-3-14(4-6-15)19-9-22(33-31-19,23(28,29)30)16-7-17(24)20(26)18(25)8-16/h3-8,13H,9-12H2,1-2H3. The van der Waals surface area contributed by atoms with Crippen LogP contribution in [-0.2, 0) is 16.1 Å². The first kappa shape index (κ1) is 24.2. The molecular weight excluding hydrogens is 486 g/mol. The normalized spacial score (nSPS) is 22.8. The van der Waals surface area contributed by atoms with Gasteiger partial charge in [0.1, 0.15) is 0 Å². The van der Waals surface area contributed by atoms with Crippen LogP contribution in [0.4, 0.5) is 22.0 Å². The van der Waals surface area contributed by atoms with E-state index in [0.717, 1.165) is 18.7 Å². The maximum Gasteiger partial charge on any atom is 0.435 e. The molecule has 0 aromatic heterocycles. The Morgan fingerprint density at radius 2 is 1.64 bits per heavy atom. The monoisotopic (exact) mass is 506 g/mol. The van der Waals surface area contributed by atoms with Crippen LogP contribution in [0.3, 0.4) is 0 Å². The number of halogens is 7. The molecule has 33 heavy (non-hydrogen) atoms. The van der Waals surface area contributed by atoms with E-state index in [4.69, 9.17) is 28.0 Å². The predicted molar refractivity (Wildman–Crippen MR) is 117 cm³/mol. The molecule has 0 aliphatic carbocycles. The summed E-state index contributed by atoms with van der Waals surface area (Å²) in [6.07, 6.45) is -5.56. The highest BCUT2D eigenvalue weighted by Gasteiger charge is 2.62. The lowest BCUT2D eigenvalue weighted by atomic mass is 9.84. The van der Waals surface area contributed by atoms with E-state index in [2.05, 4.69) is 19.0 Å². The second kappa shape index (κ2) is 8.40. The highest BCUT2D eigenvalue weighted by molar-refractivity contribution is 6.35. The van der Waals surface area contributed by atoms with Crippen LogP contribution in [0.25, 0.3) is 0 Å². The van der Waals surface area contributed by atoms with E-state index in [0.29, 0.717) is 17.0 Å². The van der Waals surface area contributed by atoms with Crippen LogP contribution in [0.15, 0.2) is 41.6 Å². The fourth-order valence-corrected chi connectivity index (χ4v) is 4.79. The summed E-state index contributed by atoms with van der Waals surface area (Å²) in [7, 11) is 0. The molecule has 3 nitrogen and oxygen atoms in total. The molecule has 1 unspecified atom stereocenters. The number of benzene rings is 2. The highest BCUT2D eigenvalue weighted by Crippen LogP contribution is 2.50. The summed E-state index contributed by atoms with van der Waals surface area (Å²) in [4.78, 5) is 6.95. The molecule has 0 radical (unpaired) electrons. The van der Waals surface area contributed by atoms with Crippen LogP contribution in [0.1, 0.15) is 37.0 Å². The van der Waals surface area contributed by atoms with Gasteiger partial charge in [-0.2, -0.15) is 13.2 Å². The van der Waals surface area contributed by atoms with Gasteiger partial charge in [0.15, 0.2) is 11.5 Å². The minimum Gasteiger partial charge on any atom is -0.374 e. The molecule has 4 rings (SSSR count). The van der Waals surface area contributed by atoms with Crippen molar-refractivity contribution < 1.29 is 26.8 Å². The lowest BCUT2D eigenvalue weighted by Crippen LogP contribution is -2.57. The third-order valence-corrected chi connectivity index (χ3v) is 6.49. The van der Waals surface area contributed by atoms with E-state index < -0.39 is 45.3 Å². The van der Waals surface area contributed by atoms with Crippen molar-refractivity contribution in [2.75, 3.05) is 19.6 Å². The number of alkyl halides is 4. The molecule has 2 aromatic carbocycles. The molecule has 2 aromatic rings. The maximum absolute atomic E-state index is 15.2. The Hall–Kier alpha value is -1.90. The van der Waals surface area contributed by atoms with Crippen molar-refractivity contribution in [1.82, 2.24) is 4.90 Å². The number of hydrogen-bond acceptors (Lipinski definition) is 3. The average Bonchev–Trinajstić information content (AvgIpc) is 3.17. The molecule has 0 N–H and O–H groups in total. The summed E-state index contributed by atoms with van der Waals surface area (Å²) in [5.41, 5.74) is -3.95. The molecule has 2 aliphatic rings. The summed E-state index contributed by atoms with van der Waals surface area (Å²) in [5.74, 6) is -0.589. The van der Waals surface area contributed by atoms with E-state index in [1.54, 1.807) is 12.1 Å². The third-order valence-electron chi connectivity index (χ3n) is 5.94. The molecule has 0 bridgehead atoms. The Kier molecular flexibility index (Phi) is 6.16. The van der Waals surface area contributed by atoms with Crippen molar-refractivity contribution in [3.63, 3.8) is 0 Å². The van der Waals surface area contributed by atoms with Crippen LogP contribution in [0.5, 0.6) is 0 Å². The molecule has 178 valence electrons. The maximum atomic E-state index is 15.2. The van der Waals surface area contributed by atoms with Gasteiger partial charge in [-0.3, -0.25) is 4.90 Å². The van der Waals surface area contributed by atoms with Crippen LogP contribution >= 0.6 is 23.2 Å². The van der Waals surface area contributed by atoms with Gasteiger partial charge < -0.3 is 4.84 Å². The van der Waals surface area contributed by atoms with Gasteiger partial charge in [0.25, 0.3) is 5.60 Å². The molecule has 0 saturated carbocycles. The van der Waals surface area contributed by atoms with E-state index >= 15 is 4.39 Å². The largest absolute Gasteiger partial charge is 0.435 e. The quantitative estimate of drug-likeness (QED) is 0.327. The number of hydrogen-bond donors (Lipinski definition) is 0. The first-order valence-corrected chi connectivity index (χ1v) is 11.1. The van der Waals surface area contributed by atoms with Crippen molar-refractivity contribution in [1.29, 1.82) is 0 Å². The molecular formula is C23H21Cl2F5N2O. The lowest BCUT2D eigenvalue weighted by Gasteiger charge is -2.45. The van der Waals surface area contributed by atoms with Crippen molar-refractivity contribution >= 4 is 28.9 Å². The number of likely N-dealkylation sites (tertiary alicyclic amines) is 1. The Morgan fingerprint density at radius 1 is 1.06 bits per heavy atom. The van der Waals surface area contributed by atoms with Crippen molar-refractivity contribution in [2.45, 2.75) is 37.7 Å². The second-order valence-corrected chi connectivity index (χ2v) is 9.81. The SMILES string of the molecule is CC(C)CN1CC(F)(c2ccc(C3=NOC(c4cc(Cl)c(F)c(Cl)c4)(C(F)(F)F)C3)cc2)C1. The second-order valence-electron chi connectivity index (χ2n) is 8.99. The summed E-state index contributed by atoms with van der Waals surface area (Å²) in [6.45, 7) is 5.48. The third kappa shape index (κ3) is 4.33. The van der Waals surface area contributed by atoms with Gasteiger partial charge in [-0.15, -0.1) is 0 Å². The smallest absolute Gasteiger partial charge is 0.374 e. The first-order chi connectivity index (χ1) is 15.3. The summed E-state index contributed by atoms with van der Waals surface area (Å²) in [6, 6.07) is 7.85. The van der Waals surface area contributed by atoms with Crippen molar-refractivity contribution in [2.24, 2.45) is 11.1 Å². The summed E-state index contributed by atoms with van der Waals surface area (Å²) in [5, 5.41) is 2.56. The first-order valence-electron chi connectivity index (χ1n) is 10.3. The number of nitrogens with zero attached hydrogens (tertiary/aromatic N) is 2. The zero-order chi connectivity index (χ0) is 24.2.